The molecule has 0 amide bonds. The first-order valence-corrected chi connectivity index (χ1v) is 17.4. The van der Waals surface area contributed by atoms with Gasteiger partial charge in [-0.2, -0.15) is 16.8 Å². The Kier molecular flexibility index (Phi) is 7.02. The molecule has 0 unspecified atom stereocenters. The molecule has 1 radical (unpaired) electrons. The second kappa shape index (κ2) is 10.8. The van der Waals surface area contributed by atoms with Gasteiger partial charge in [-0.1, -0.05) is 60.7 Å². The molecular formula is C36H22NaO10S2. The number of benzene rings is 9. The normalized spacial score (nSPS) is 12.7. The molecule has 0 aromatic heterocycles. The fourth-order valence-electron chi connectivity index (χ4n) is 7.66. The van der Waals surface area contributed by atoms with Gasteiger partial charge in [-0.25, -0.2) is 0 Å². The third-order valence-corrected chi connectivity index (χ3v) is 10.0. The molecule has 0 saturated heterocycles. The minimum Gasteiger partial charge on any atom is -0.496 e. The Bertz CT molecular complexity index is 2880. The van der Waals surface area contributed by atoms with Crippen molar-refractivity contribution in [2.45, 2.75) is 0 Å². The van der Waals surface area contributed by atoms with E-state index in [9.17, 15) is 25.9 Å². The fraction of sp³-hybridized carbons (Fsp3) is 0.0556. The van der Waals surface area contributed by atoms with E-state index >= 15 is 0 Å². The van der Waals surface area contributed by atoms with Crippen molar-refractivity contribution in [3.63, 3.8) is 0 Å². The van der Waals surface area contributed by atoms with Crippen LogP contribution in [-0.4, -0.2) is 69.7 Å². The van der Waals surface area contributed by atoms with Crippen molar-refractivity contribution in [2.24, 2.45) is 0 Å². The Labute approximate surface area is 300 Å². The maximum Gasteiger partial charge on any atom is 0.446 e. The van der Waals surface area contributed by atoms with E-state index in [2.05, 4.69) is 0 Å². The third-order valence-electron chi connectivity index (χ3n) is 9.26. The summed E-state index contributed by atoms with van der Waals surface area (Å²) in [5.74, 6) is 1.02. The van der Waals surface area contributed by atoms with Crippen molar-refractivity contribution < 1.29 is 43.8 Å². The average molecular weight is 702 g/mol. The van der Waals surface area contributed by atoms with Gasteiger partial charge in [-0.15, -0.1) is 0 Å². The average Bonchev–Trinajstić information content (AvgIpc) is 3.06. The number of ether oxygens (including phenoxy) is 2. The van der Waals surface area contributed by atoms with Gasteiger partial charge in [0, 0.05) is 83.4 Å². The van der Waals surface area contributed by atoms with Crippen molar-refractivity contribution >= 4 is 137 Å². The maximum absolute atomic E-state index is 12.1. The van der Waals surface area contributed by atoms with Crippen LogP contribution in [0.15, 0.2) is 84.9 Å². The molecule has 239 valence electrons. The van der Waals surface area contributed by atoms with E-state index in [1.807, 2.05) is 48.5 Å². The first kappa shape index (κ1) is 31.8. The first-order chi connectivity index (χ1) is 23.0. The largest absolute Gasteiger partial charge is 0.496 e. The molecule has 0 spiro atoms. The van der Waals surface area contributed by atoms with Gasteiger partial charge in [0.2, 0.25) is 0 Å². The van der Waals surface area contributed by atoms with Crippen molar-refractivity contribution in [1.29, 1.82) is 0 Å². The summed E-state index contributed by atoms with van der Waals surface area (Å²) in [4.78, 5) is 0. The predicted molar refractivity (Wildman–Crippen MR) is 192 cm³/mol. The standard InChI is InChI=1S/C36H22O10S2.Na/c1-43-27-15-25-17-7-3-5-9-21(17)35(45-47(37,38)39)23-13-11-19-20-12-14-24-30-26(18-8-4-6-10-22(18)36(24)46-48(40,41)42)16-28(44-2)34(32(20)30)33(27)31(19)29(23)25;/h3-16H,1-2H3,(H,37,38,39)(H,40,41,42);. The molecule has 0 saturated carbocycles. The Morgan fingerprint density at radius 1 is 0.429 bits per heavy atom. The Morgan fingerprint density at radius 3 is 1.12 bits per heavy atom. The van der Waals surface area contributed by atoms with Crippen LogP contribution in [0.4, 0.5) is 0 Å². The number of fused-ring (bicyclic) bond motifs is 6. The van der Waals surface area contributed by atoms with Gasteiger partial charge < -0.3 is 17.8 Å². The quantitative estimate of drug-likeness (QED) is 0.0763. The van der Waals surface area contributed by atoms with Crippen LogP contribution in [0.3, 0.4) is 0 Å². The molecule has 10 nitrogen and oxygen atoms in total. The maximum atomic E-state index is 12.1. The smallest absolute Gasteiger partial charge is 0.446 e. The second-order valence-electron chi connectivity index (χ2n) is 11.6. The van der Waals surface area contributed by atoms with E-state index in [1.54, 1.807) is 50.6 Å². The first-order valence-electron chi connectivity index (χ1n) is 14.6. The van der Waals surface area contributed by atoms with Crippen molar-refractivity contribution in [3.05, 3.63) is 84.9 Å². The van der Waals surface area contributed by atoms with Crippen LogP contribution in [0, 0.1) is 0 Å². The van der Waals surface area contributed by atoms with Gasteiger partial charge in [0.05, 0.1) is 14.2 Å². The van der Waals surface area contributed by atoms with E-state index in [4.69, 9.17) is 17.8 Å². The molecule has 2 N–H and O–H groups in total. The van der Waals surface area contributed by atoms with Crippen molar-refractivity contribution in [1.82, 2.24) is 0 Å². The summed E-state index contributed by atoms with van der Waals surface area (Å²) in [7, 11) is -6.64. The molecule has 0 aliphatic rings. The van der Waals surface area contributed by atoms with Crippen LogP contribution in [0.1, 0.15) is 0 Å². The zero-order valence-corrected chi connectivity index (χ0v) is 29.7. The third kappa shape index (κ3) is 4.49. The summed E-state index contributed by atoms with van der Waals surface area (Å²) in [5, 5.41) is 10.6. The Balaban J connectivity index is 0.00000348. The van der Waals surface area contributed by atoms with E-state index in [0.29, 0.717) is 65.4 Å². The molecule has 0 aliphatic carbocycles. The predicted octanol–water partition coefficient (Wildman–Crippen LogP) is 7.79. The molecule has 13 heteroatoms. The van der Waals surface area contributed by atoms with Crippen LogP contribution in [0.2, 0.25) is 0 Å². The zero-order chi connectivity index (χ0) is 33.3. The summed E-state index contributed by atoms with van der Waals surface area (Å²) in [5.41, 5.74) is 0. The van der Waals surface area contributed by atoms with Gasteiger partial charge in [-0.3, -0.25) is 9.11 Å². The van der Waals surface area contributed by atoms with E-state index in [-0.39, 0.29) is 41.1 Å². The van der Waals surface area contributed by atoms with Gasteiger partial charge in [0.15, 0.2) is 11.5 Å². The molecule has 0 atom stereocenters. The summed E-state index contributed by atoms with van der Waals surface area (Å²) < 4.78 is 90.8. The number of hydrogen-bond donors (Lipinski definition) is 2. The van der Waals surface area contributed by atoms with E-state index in [0.717, 1.165) is 32.3 Å². The zero-order valence-electron chi connectivity index (χ0n) is 26.1. The van der Waals surface area contributed by atoms with Gasteiger partial charge in [0.25, 0.3) is 0 Å². The summed E-state index contributed by atoms with van der Waals surface area (Å²) in [6, 6.07) is 25.4. The fourth-order valence-corrected chi connectivity index (χ4v) is 8.44. The monoisotopic (exact) mass is 701 g/mol. The topological polar surface area (TPSA) is 146 Å². The number of methoxy groups -OCH3 is 2. The summed E-state index contributed by atoms with van der Waals surface area (Å²) in [6.45, 7) is 0. The molecule has 9 aromatic rings. The van der Waals surface area contributed by atoms with Crippen LogP contribution in [-0.2, 0) is 20.8 Å². The van der Waals surface area contributed by atoms with Gasteiger partial charge in [0.1, 0.15) is 11.5 Å². The van der Waals surface area contributed by atoms with E-state index in [1.165, 1.54) is 0 Å². The van der Waals surface area contributed by atoms with Crippen LogP contribution >= 0.6 is 0 Å². The second-order valence-corrected chi connectivity index (χ2v) is 13.6. The van der Waals surface area contributed by atoms with E-state index < -0.39 is 20.8 Å². The molecule has 9 rings (SSSR count). The number of hydrogen-bond acceptors (Lipinski definition) is 8. The summed E-state index contributed by atoms with van der Waals surface area (Å²) in [6.07, 6.45) is 0. The van der Waals surface area contributed by atoms with Crippen LogP contribution < -0.4 is 17.8 Å². The molecule has 49 heavy (non-hydrogen) atoms. The molecular weight excluding hydrogens is 680 g/mol. The molecule has 9 aromatic carbocycles. The SMILES string of the molecule is COc1cc2c3ccccc3c(OS(=O)(=O)O)c3ccc4c5ccc6c(OS(=O)(=O)O)c7ccccc7c7cc(OC)c(c1c4c32)c5c67.[Na]. The van der Waals surface area contributed by atoms with Crippen LogP contribution in [0.25, 0.3) is 86.2 Å². The minimum absolute atomic E-state index is 0. The number of rotatable bonds is 6. The van der Waals surface area contributed by atoms with Gasteiger partial charge >= 0.3 is 20.8 Å². The minimum atomic E-state index is -4.89. The molecule has 0 heterocycles. The van der Waals surface area contributed by atoms with Gasteiger partial charge in [-0.05, 0) is 56.6 Å². The molecule has 0 fully saturated rings. The Hall–Kier alpha value is -4.40. The molecule has 0 aliphatic heterocycles. The van der Waals surface area contributed by atoms with Crippen molar-refractivity contribution in [2.75, 3.05) is 14.2 Å². The summed E-state index contributed by atoms with van der Waals surface area (Å²) >= 11 is 0. The van der Waals surface area contributed by atoms with Crippen LogP contribution in [0.5, 0.6) is 23.0 Å². The Morgan fingerprint density at radius 2 is 0.776 bits per heavy atom. The van der Waals surface area contributed by atoms with Crippen molar-refractivity contribution in [3.8, 4) is 23.0 Å². The molecule has 0 bridgehead atoms.